The maximum atomic E-state index is 11.8. The van der Waals surface area contributed by atoms with E-state index in [0.29, 0.717) is 36.0 Å². The molecule has 1 aromatic carbocycles. The van der Waals surface area contributed by atoms with Gasteiger partial charge >= 0.3 is 0 Å². The molecule has 0 saturated carbocycles. The van der Waals surface area contributed by atoms with E-state index in [4.69, 9.17) is 21.1 Å². The normalized spacial score (nSPS) is 10.3. The lowest BCUT2D eigenvalue weighted by molar-refractivity contribution is 0.0989. The summed E-state index contributed by atoms with van der Waals surface area (Å²) in [6.07, 6.45) is 4.98. The highest BCUT2D eigenvalue weighted by atomic mass is 35.5. The number of alkyl halides is 1. The molecule has 0 N–H and O–H groups in total. The van der Waals surface area contributed by atoms with Gasteiger partial charge in [0.2, 0.25) is 0 Å². The van der Waals surface area contributed by atoms with Crippen molar-refractivity contribution in [3.8, 4) is 11.5 Å². The molecular formula is C16H23ClO3. The van der Waals surface area contributed by atoms with Gasteiger partial charge in [-0.1, -0.05) is 26.2 Å². The van der Waals surface area contributed by atoms with E-state index in [2.05, 4.69) is 6.92 Å². The van der Waals surface area contributed by atoms with Gasteiger partial charge in [-0.25, -0.2) is 0 Å². The molecule has 0 aliphatic carbocycles. The van der Waals surface area contributed by atoms with Crippen molar-refractivity contribution in [2.45, 2.75) is 39.0 Å². The molecule has 0 heterocycles. The molecule has 0 radical (unpaired) electrons. The smallest absolute Gasteiger partial charge is 0.164 e. The van der Waals surface area contributed by atoms with Crippen molar-refractivity contribution in [1.29, 1.82) is 0 Å². The minimum atomic E-state index is 0.0211. The van der Waals surface area contributed by atoms with E-state index >= 15 is 0 Å². The number of carbonyl (C=O) groups is 1. The summed E-state index contributed by atoms with van der Waals surface area (Å²) in [5, 5.41) is 0. The molecule has 0 aromatic heterocycles. The lowest BCUT2D eigenvalue weighted by Crippen LogP contribution is -2.03. The summed E-state index contributed by atoms with van der Waals surface area (Å²) >= 11 is 5.58. The highest BCUT2D eigenvalue weighted by molar-refractivity contribution is 6.19. The SMILES string of the molecule is CCCCCCOc1ccc(C(=O)CCCl)cc1OC. The Kier molecular flexibility index (Phi) is 8.12. The van der Waals surface area contributed by atoms with Gasteiger partial charge in [0.05, 0.1) is 13.7 Å². The summed E-state index contributed by atoms with van der Waals surface area (Å²) in [4.78, 5) is 11.8. The molecule has 0 aliphatic rings. The van der Waals surface area contributed by atoms with Crippen LogP contribution in [-0.4, -0.2) is 25.4 Å². The third-order valence-electron chi connectivity index (χ3n) is 3.06. The molecule has 0 saturated heterocycles. The highest BCUT2D eigenvalue weighted by Gasteiger charge is 2.10. The molecule has 0 unspecified atom stereocenters. The molecule has 1 rings (SSSR count). The predicted molar refractivity (Wildman–Crippen MR) is 82.3 cm³/mol. The van der Waals surface area contributed by atoms with Crippen molar-refractivity contribution < 1.29 is 14.3 Å². The molecule has 1 aromatic rings. The van der Waals surface area contributed by atoms with E-state index in [1.54, 1.807) is 25.3 Å². The van der Waals surface area contributed by atoms with E-state index in [0.717, 1.165) is 6.42 Å². The molecule has 112 valence electrons. The van der Waals surface area contributed by atoms with Gasteiger partial charge in [0, 0.05) is 17.9 Å². The topological polar surface area (TPSA) is 35.5 Å². The van der Waals surface area contributed by atoms with Gasteiger partial charge in [-0.2, -0.15) is 0 Å². The standard InChI is InChI=1S/C16H23ClO3/c1-3-4-5-6-11-20-15-8-7-13(12-16(15)19-2)14(18)9-10-17/h7-8,12H,3-6,9-11H2,1-2H3. The van der Waals surface area contributed by atoms with E-state index < -0.39 is 0 Å². The minimum absolute atomic E-state index is 0.0211. The summed E-state index contributed by atoms with van der Waals surface area (Å²) in [5.41, 5.74) is 0.612. The first-order chi connectivity index (χ1) is 9.72. The second kappa shape index (κ2) is 9.65. The number of halogens is 1. The maximum absolute atomic E-state index is 11.8. The Labute approximate surface area is 126 Å². The van der Waals surface area contributed by atoms with Crippen LogP contribution in [0.15, 0.2) is 18.2 Å². The van der Waals surface area contributed by atoms with Crippen molar-refractivity contribution in [3.63, 3.8) is 0 Å². The van der Waals surface area contributed by atoms with E-state index in [-0.39, 0.29) is 5.78 Å². The van der Waals surface area contributed by atoms with Gasteiger partial charge < -0.3 is 9.47 Å². The average Bonchev–Trinajstić information content (AvgIpc) is 2.47. The third kappa shape index (κ3) is 5.41. The average molecular weight is 299 g/mol. The number of ether oxygens (including phenoxy) is 2. The van der Waals surface area contributed by atoms with Gasteiger partial charge in [0.1, 0.15) is 0 Å². The molecule has 0 atom stereocenters. The molecule has 0 fully saturated rings. The van der Waals surface area contributed by atoms with Crippen LogP contribution in [-0.2, 0) is 0 Å². The van der Waals surface area contributed by atoms with Gasteiger partial charge in [-0.3, -0.25) is 4.79 Å². The Morgan fingerprint density at radius 1 is 1.20 bits per heavy atom. The number of ketones is 1. The molecule has 0 spiro atoms. The Hall–Kier alpha value is -1.22. The summed E-state index contributed by atoms with van der Waals surface area (Å²) in [7, 11) is 1.58. The second-order valence-corrected chi connectivity index (χ2v) is 5.01. The number of hydrogen-bond donors (Lipinski definition) is 0. The first kappa shape index (κ1) is 16.8. The van der Waals surface area contributed by atoms with Gasteiger partial charge in [-0.05, 0) is 24.6 Å². The van der Waals surface area contributed by atoms with E-state index in [1.165, 1.54) is 19.3 Å². The van der Waals surface area contributed by atoms with Crippen molar-refractivity contribution in [2.75, 3.05) is 19.6 Å². The van der Waals surface area contributed by atoms with Gasteiger partial charge in [0.15, 0.2) is 17.3 Å². The lowest BCUT2D eigenvalue weighted by atomic mass is 10.1. The molecule has 0 aliphatic heterocycles. The largest absolute Gasteiger partial charge is 0.493 e. The summed E-state index contributed by atoms with van der Waals surface area (Å²) < 4.78 is 11.0. The molecule has 0 bridgehead atoms. The van der Waals surface area contributed by atoms with E-state index in [9.17, 15) is 4.79 Å². The second-order valence-electron chi connectivity index (χ2n) is 4.64. The van der Waals surface area contributed by atoms with Crippen LogP contribution >= 0.6 is 11.6 Å². The van der Waals surface area contributed by atoms with Gasteiger partial charge in [-0.15, -0.1) is 11.6 Å². The van der Waals surface area contributed by atoms with Crippen LogP contribution in [0.1, 0.15) is 49.4 Å². The Morgan fingerprint density at radius 2 is 2.00 bits per heavy atom. The molecule has 0 amide bonds. The van der Waals surface area contributed by atoms with Crippen LogP contribution in [0.5, 0.6) is 11.5 Å². The van der Waals surface area contributed by atoms with Crippen LogP contribution in [0.25, 0.3) is 0 Å². The number of unbranched alkanes of at least 4 members (excludes halogenated alkanes) is 3. The first-order valence-electron chi connectivity index (χ1n) is 7.13. The Morgan fingerprint density at radius 3 is 2.65 bits per heavy atom. The Balaban J connectivity index is 2.61. The lowest BCUT2D eigenvalue weighted by Gasteiger charge is -2.11. The number of carbonyl (C=O) groups excluding carboxylic acids is 1. The zero-order valence-electron chi connectivity index (χ0n) is 12.3. The maximum Gasteiger partial charge on any atom is 0.164 e. The number of benzene rings is 1. The zero-order valence-corrected chi connectivity index (χ0v) is 13.0. The fraction of sp³-hybridized carbons (Fsp3) is 0.562. The molecular weight excluding hydrogens is 276 g/mol. The number of Topliss-reactive ketones (excluding diaryl/α,β-unsaturated/α-hetero) is 1. The van der Waals surface area contributed by atoms with Crippen molar-refractivity contribution >= 4 is 17.4 Å². The summed E-state index contributed by atoms with van der Waals surface area (Å²) in [6.45, 7) is 2.85. The monoisotopic (exact) mass is 298 g/mol. The number of rotatable bonds is 10. The van der Waals surface area contributed by atoms with Crippen molar-refractivity contribution in [1.82, 2.24) is 0 Å². The number of hydrogen-bond acceptors (Lipinski definition) is 3. The highest BCUT2D eigenvalue weighted by Crippen LogP contribution is 2.28. The van der Waals surface area contributed by atoms with Crippen molar-refractivity contribution in [2.24, 2.45) is 0 Å². The fourth-order valence-electron chi connectivity index (χ4n) is 1.90. The summed E-state index contributed by atoms with van der Waals surface area (Å²) in [5.74, 6) is 1.64. The molecule has 3 nitrogen and oxygen atoms in total. The van der Waals surface area contributed by atoms with Crippen LogP contribution in [0.2, 0.25) is 0 Å². The van der Waals surface area contributed by atoms with Crippen molar-refractivity contribution in [3.05, 3.63) is 23.8 Å². The van der Waals surface area contributed by atoms with Gasteiger partial charge in [0.25, 0.3) is 0 Å². The third-order valence-corrected chi connectivity index (χ3v) is 3.25. The van der Waals surface area contributed by atoms with Crippen LogP contribution < -0.4 is 9.47 Å². The van der Waals surface area contributed by atoms with Crippen LogP contribution in [0, 0.1) is 0 Å². The number of methoxy groups -OCH3 is 1. The Bertz CT molecular complexity index is 418. The molecule has 4 heteroatoms. The van der Waals surface area contributed by atoms with Crippen LogP contribution in [0.4, 0.5) is 0 Å². The minimum Gasteiger partial charge on any atom is -0.493 e. The van der Waals surface area contributed by atoms with Crippen LogP contribution in [0.3, 0.4) is 0 Å². The predicted octanol–water partition coefficient (Wildman–Crippen LogP) is 4.47. The molecule has 20 heavy (non-hydrogen) atoms. The quantitative estimate of drug-likeness (QED) is 0.363. The summed E-state index contributed by atoms with van der Waals surface area (Å²) in [6, 6.07) is 5.27. The zero-order chi connectivity index (χ0) is 14.8. The fourth-order valence-corrected chi connectivity index (χ4v) is 2.07. The van der Waals surface area contributed by atoms with E-state index in [1.807, 2.05) is 0 Å². The first-order valence-corrected chi connectivity index (χ1v) is 7.66.